The van der Waals surface area contributed by atoms with Crippen molar-refractivity contribution in [3.63, 3.8) is 0 Å². The maximum Gasteiger partial charge on any atom is 0.262 e. The molecule has 0 atom stereocenters. The largest absolute Gasteiger partial charge is 0.497 e. The average Bonchev–Trinajstić information content (AvgIpc) is 2.75. The fourth-order valence-electron chi connectivity index (χ4n) is 2.62. The van der Waals surface area contributed by atoms with Crippen LogP contribution in [0, 0.1) is 6.92 Å². The molecule has 7 nitrogen and oxygen atoms in total. The van der Waals surface area contributed by atoms with Gasteiger partial charge in [0, 0.05) is 11.4 Å². The molecule has 3 aromatic rings. The normalized spacial score (nSPS) is 10.9. The molecule has 3 aromatic carbocycles. The van der Waals surface area contributed by atoms with E-state index in [2.05, 4.69) is 10.0 Å². The molecule has 162 valence electrons. The van der Waals surface area contributed by atoms with Crippen LogP contribution in [0.1, 0.15) is 5.56 Å². The summed E-state index contributed by atoms with van der Waals surface area (Å²) in [6.07, 6.45) is 0. The van der Waals surface area contributed by atoms with Crippen molar-refractivity contribution in [3.05, 3.63) is 77.3 Å². The molecule has 0 unspecified atom stereocenters. The molecule has 0 saturated heterocycles. The highest BCUT2D eigenvalue weighted by molar-refractivity contribution is 7.92. The van der Waals surface area contributed by atoms with Gasteiger partial charge in [0.2, 0.25) is 0 Å². The van der Waals surface area contributed by atoms with Gasteiger partial charge in [-0.15, -0.1) is 0 Å². The Labute approximate surface area is 186 Å². The maximum atomic E-state index is 12.6. The third-order valence-electron chi connectivity index (χ3n) is 4.25. The average molecular weight is 461 g/mol. The smallest absolute Gasteiger partial charge is 0.262 e. The van der Waals surface area contributed by atoms with Crippen LogP contribution in [0.3, 0.4) is 0 Å². The molecule has 0 spiro atoms. The van der Waals surface area contributed by atoms with E-state index in [-0.39, 0.29) is 28.2 Å². The van der Waals surface area contributed by atoms with Crippen molar-refractivity contribution in [2.75, 3.05) is 23.8 Å². The van der Waals surface area contributed by atoms with Crippen molar-refractivity contribution in [2.24, 2.45) is 0 Å². The number of amides is 1. The second kappa shape index (κ2) is 9.72. The quantitative estimate of drug-likeness (QED) is 0.517. The Morgan fingerprint density at radius 3 is 2.23 bits per heavy atom. The first-order valence-electron chi connectivity index (χ1n) is 9.22. The van der Waals surface area contributed by atoms with Gasteiger partial charge < -0.3 is 14.8 Å². The molecule has 0 saturated carbocycles. The zero-order valence-corrected chi connectivity index (χ0v) is 18.5. The highest BCUT2D eigenvalue weighted by Gasteiger charge is 2.17. The number of sulfonamides is 1. The first-order valence-corrected chi connectivity index (χ1v) is 11.1. The Morgan fingerprint density at radius 2 is 1.61 bits per heavy atom. The summed E-state index contributed by atoms with van der Waals surface area (Å²) < 4.78 is 38.2. The first kappa shape index (κ1) is 22.5. The number of carbonyl (C=O) groups excluding carboxylic acids is 1. The summed E-state index contributed by atoms with van der Waals surface area (Å²) in [6, 6.07) is 17.8. The molecule has 9 heteroatoms. The van der Waals surface area contributed by atoms with E-state index in [1.54, 1.807) is 55.6 Å². The highest BCUT2D eigenvalue weighted by Crippen LogP contribution is 2.28. The van der Waals surface area contributed by atoms with Gasteiger partial charge in [-0.3, -0.25) is 9.52 Å². The summed E-state index contributed by atoms with van der Waals surface area (Å²) in [5.41, 5.74) is 2.05. The van der Waals surface area contributed by atoms with Gasteiger partial charge in [0.15, 0.2) is 6.61 Å². The van der Waals surface area contributed by atoms with Crippen LogP contribution in [0.2, 0.25) is 5.02 Å². The summed E-state index contributed by atoms with van der Waals surface area (Å²) in [6.45, 7) is 1.62. The predicted octanol–water partition coefficient (Wildman–Crippen LogP) is 4.48. The number of carbonyl (C=O) groups is 1. The molecule has 0 aromatic heterocycles. The predicted molar refractivity (Wildman–Crippen MR) is 121 cm³/mol. The van der Waals surface area contributed by atoms with Crippen molar-refractivity contribution in [2.45, 2.75) is 11.8 Å². The second-order valence-corrected chi connectivity index (χ2v) is 8.72. The zero-order chi connectivity index (χ0) is 22.4. The van der Waals surface area contributed by atoms with Crippen molar-refractivity contribution >= 4 is 38.9 Å². The fourth-order valence-corrected chi connectivity index (χ4v) is 4.00. The van der Waals surface area contributed by atoms with Crippen molar-refractivity contribution < 1.29 is 22.7 Å². The number of rotatable bonds is 8. The molecule has 0 aliphatic carbocycles. The molecule has 1 amide bonds. The van der Waals surface area contributed by atoms with E-state index in [9.17, 15) is 13.2 Å². The van der Waals surface area contributed by atoms with Crippen LogP contribution in [0.5, 0.6) is 11.5 Å². The first-order chi connectivity index (χ1) is 14.8. The van der Waals surface area contributed by atoms with Crippen LogP contribution in [-0.4, -0.2) is 28.0 Å². The summed E-state index contributed by atoms with van der Waals surface area (Å²) in [5, 5.41) is 2.75. The van der Waals surface area contributed by atoms with E-state index in [0.717, 1.165) is 5.56 Å². The van der Waals surface area contributed by atoms with E-state index < -0.39 is 10.0 Å². The lowest BCUT2D eigenvalue weighted by Crippen LogP contribution is -2.20. The van der Waals surface area contributed by atoms with Gasteiger partial charge in [0.05, 0.1) is 17.0 Å². The Hall–Kier alpha value is -3.23. The van der Waals surface area contributed by atoms with E-state index in [4.69, 9.17) is 21.1 Å². The number of hydrogen-bond donors (Lipinski definition) is 2. The molecule has 0 aliphatic rings. The van der Waals surface area contributed by atoms with Crippen molar-refractivity contribution in [3.8, 4) is 11.5 Å². The molecule has 0 radical (unpaired) electrons. The third kappa shape index (κ3) is 6.13. The van der Waals surface area contributed by atoms with Gasteiger partial charge in [0.1, 0.15) is 11.5 Å². The lowest BCUT2D eigenvalue weighted by Gasteiger charge is -2.12. The van der Waals surface area contributed by atoms with Crippen molar-refractivity contribution in [1.82, 2.24) is 0 Å². The third-order valence-corrected chi connectivity index (χ3v) is 5.92. The molecular weight excluding hydrogens is 440 g/mol. The maximum absolute atomic E-state index is 12.6. The van der Waals surface area contributed by atoms with Crippen LogP contribution in [0.15, 0.2) is 71.6 Å². The lowest BCUT2D eigenvalue weighted by atomic mass is 10.2. The molecular formula is C22H21ClN2O5S. The number of ether oxygens (including phenoxy) is 2. The minimum absolute atomic E-state index is 0.0203. The van der Waals surface area contributed by atoms with Crippen LogP contribution >= 0.6 is 11.6 Å². The Bertz CT molecular complexity index is 1160. The standard InChI is InChI=1S/C22H21ClN2O5S/c1-15-3-5-17(6-4-15)25-31(27,28)19-11-12-21(20(23)13-19)30-14-22(26)24-16-7-9-18(29-2)10-8-16/h3-13,25H,14H2,1-2H3,(H,24,26). The SMILES string of the molecule is COc1ccc(NC(=O)COc2ccc(S(=O)(=O)Nc3ccc(C)cc3)cc2Cl)cc1. The van der Waals surface area contributed by atoms with Crippen LogP contribution in [0.25, 0.3) is 0 Å². The number of hydrogen-bond acceptors (Lipinski definition) is 5. The Balaban J connectivity index is 1.61. The number of anilines is 2. The van der Waals surface area contributed by atoms with Gasteiger partial charge in [-0.2, -0.15) is 0 Å². The lowest BCUT2D eigenvalue weighted by molar-refractivity contribution is -0.118. The number of halogens is 1. The monoisotopic (exact) mass is 460 g/mol. The van der Waals surface area contributed by atoms with E-state index in [0.29, 0.717) is 17.1 Å². The number of methoxy groups -OCH3 is 1. The second-order valence-electron chi connectivity index (χ2n) is 6.63. The number of aryl methyl sites for hydroxylation is 1. The summed E-state index contributed by atoms with van der Waals surface area (Å²) in [7, 11) is -2.27. The molecule has 2 N–H and O–H groups in total. The van der Waals surface area contributed by atoms with Gasteiger partial charge in [-0.1, -0.05) is 29.3 Å². The van der Waals surface area contributed by atoms with Crippen LogP contribution < -0.4 is 19.5 Å². The Kier molecular flexibility index (Phi) is 7.04. The molecule has 0 aliphatic heterocycles. The summed E-state index contributed by atoms with van der Waals surface area (Å²) in [5.74, 6) is 0.479. The van der Waals surface area contributed by atoms with E-state index >= 15 is 0 Å². The zero-order valence-electron chi connectivity index (χ0n) is 16.9. The van der Waals surface area contributed by atoms with Gasteiger partial charge >= 0.3 is 0 Å². The molecule has 31 heavy (non-hydrogen) atoms. The molecule has 0 fully saturated rings. The minimum Gasteiger partial charge on any atom is -0.497 e. The highest BCUT2D eigenvalue weighted by atomic mass is 35.5. The van der Waals surface area contributed by atoms with Gasteiger partial charge in [-0.25, -0.2) is 8.42 Å². The molecule has 0 heterocycles. The van der Waals surface area contributed by atoms with Gasteiger partial charge in [-0.05, 0) is 61.5 Å². The van der Waals surface area contributed by atoms with Crippen molar-refractivity contribution in [1.29, 1.82) is 0 Å². The van der Waals surface area contributed by atoms with Crippen LogP contribution in [0.4, 0.5) is 11.4 Å². The fraction of sp³-hybridized carbons (Fsp3) is 0.136. The summed E-state index contributed by atoms with van der Waals surface area (Å²) in [4.78, 5) is 12.1. The van der Waals surface area contributed by atoms with Crippen LogP contribution in [-0.2, 0) is 14.8 Å². The van der Waals surface area contributed by atoms with E-state index in [1.165, 1.54) is 18.2 Å². The van der Waals surface area contributed by atoms with E-state index in [1.807, 2.05) is 6.92 Å². The number of benzene rings is 3. The molecule has 0 bridgehead atoms. The summed E-state index contributed by atoms with van der Waals surface area (Å²) >= 11 is 6.17. The topological polar surface area (TPSA) is 93.7 Å². The number of nitrogens with one attached hydrogen (secondary N) is 2. The Morgan fingerprint density at radius 1 is 0.968 bits per heavy atom. The molecule has 3 rings (SSSR count). The minimum atomic E-state index is -3.82. The van der Waals surface area contributed by atoms with Gasteiger partial charge in [0.25, 0.3) is 15.9 Å².